The molecule has 73 heavy (non-hydrogen) atoms. The summed E-state index contributed by atoms with van der Waals surface area (Å²) in [5.74, 6) is 3.00. The van der Waals surface area contributed by atoms with E-state index < -0.39 is 5.60 Å². The largest absolute Gasteiger partial charge is 0.456 e. The van der Waals surface area contributed by atoms with Gasteiger partial charge in [-0.3, -0.25) is 0 Å². The number of rotatable bonds is 8. The first kappa shape index (κ1) is 43.8. The van der Waals surface area contributed by atoms with Crippen molar-refractivity contribution in [1.29, 1.82) is 0 Å². The summed E-state index contributed by atoms with van der Waals surface area (Å²) >= 11 is 0. The third-order valence-electron chi connectivity index (χ3n) is 14.7. The van der Waals surface area contributed by atoms with Gasteiger partial charge in [-0.15, -0.1) is 6.42 Å². The van der Waals surface area contributed by atoms with Crippen LogP contribution in [0.1, 0.15) is 38.3 Å². The van der Waals surface area contributed by atoms with Crippen LogP contribution in [0.15, 0.2) is 238 Å². The predicted octanol–water partition coefficient (Wildman–Crippen LogP) is 18.7. The van der Waals surface area contributed by atoms with Crippen molar-refractivity contribution < 1.29 is 13.9 Å². The minimum atomic E-state index is -1.23. The van der Waals surface area contributed by atoms with Crippen molar-refractivity contribution in [1.82, 2.24) is 0 Å². The number of fused-ring (bicyclic) bond motifs is 11. The average molecular weight is 940 g/mol. The summed E-state index contributed by atoms with van der Waals surface area (Å²) in [6.45, 7) is 5.77. The SMILES string of the molecule is C#C/C(=C\C=C/C)C1=C(c2ccc3c(c2)-c2cc(-c4cccc5oc6ccccc6c45)ccc2-c2cc(-c4cccc5oc6ccccc6c45)ccc2N3c2ccc(-c3ccccc3)cc2C(C)(C)O)C=CC1. The molecule has 11 aromatic rings. The highest BCUT2D eigenvalue weighted by molar-refractivity contribution is 6.15. The molecule has 4 nitrogen and oxygen atoms in total. The fourth-order valence-corrected chi connectivity index (χ4v) is 11.3. The molecule has 4 heteroatoms. The van der Waals surface area contributed by atoms with Crippen molar-refractivity contribution in [3.05, 3.63) is 241 Å². The van der Waals surface area contributed by atoms with Gasteiger partial charge in [-0.2, -0.15) is 0 Å². The fourth-order valence-electron chi connectivity index (χ4n) is 11.3. The van der Waals surface area contributed by atoms with Gasteiger partial charge in [0, 0.05) is 43.8 Å². The molecule has 3 heterocycles. The highest BCUT2D eigenvalue weighted by Crippen LogP contribution is 2.55. The molecule has 0 radical (unpaired) electrons. The molecule has 13 rings (SSSR count). The van der Waals surface area contributed by atoms with Crippen molar-refractivity contribution in [2.24, 2.45) is 0 Å². The average Bonchev–Trinajstić information content (AvgIpc) is 4.16. The van der Waals surface area contributed by atoms with Gasteiger partial charge in [-0.25, -0.2) is 0 Å². The molecular weight excluding hydrogens is 891 g/mol. The molecule has 0 unspecified atom stereocenters. The summed E-state index contributed by atoms with van der Waals surface area (Å²) in [5.41, 5.74) is 20.6. The summed E-state index contributed by atoms with van der Waals surface area (Å²) in [6.07, 6.45) is 17.5. The molecule has 0 saturated heterocycles. The molecule has 2 aliphatic rings. The van der Waals surface area contributed by atoms with Gasteiger partial charge in [-0.05, 0) is 161 Å². The van der Waals surface area contributed by atoms with Crippen LogP contribution in [0.3, 0.4) is 0 Å². The number of anilines is 3. The number of aliphatic hydroxyl groups is 1. The maximum absolute atomic E-state index is 12.3. The van der Waals surface area contributed by atoms with Crippen LogP contribution in [0.5, 0.6) is 0 Å². The van der Waals surface area contributed by atoms with E-state index in [1.807, 2.05) is 69.3 Å². The normalized spacial score (nSPS) is 13.6. The predicted molar refractivity (Wildman–Crippen MR) is 304 cm³/mol. The second-order valence-electron chi connectivity index (χ2n) is 19.5. The zero-order chi connectivity index (χ0) is 49.4. The van der Waals surface area contributed by atoms with Crippen LogP contribution in [0.2, 0.25) is 0 Å². The van der Waals surface area contributed by atoms with E-state index in [-0.39, 0.29) is 0 Å². The highest BCUT2D eigenvalue weighted by Gasteiger charge is 2.33. The molecule has 0 spiro atoms. The first-order chi connectivity index (χ1) is 35.7. The highest BCUT2D eigenvalue weighted by atomic mass is 16.3. The Morgan fingerprint density at radius 1 is 0.534 bits per heavy atom. The second kappa shape index (κ2) is 17.3. The van der Waals surface area contributed by atoms with E-state index in [1.54, 1.807) is 0 Å². The van der Waals surface area contributed by atoms with Gasteiger partial charge >= 0.3 is 0 Å². The summed E-state index contributed by atoms with van der Waals surface area (Å²) in [7, 11) is 0. The molecule has 0 bridgehead atoms. The first-order valence-corrected chi connectivity index (χ1v) is 24.9. The van der Waals surface area contributed by atoms with Crippen LogP contribution in [0, 0.1) is 12.3 Å². The molecule has 0 atom stereocenters. The number of para-hydroxylation sites is 2. The van der Waals surface area contributed by atoms with Crippen molar-refractivity contribution >= 4 is 66.5 Å². The van der Waals surface area contributed by atoms with E-state index in [1.165, 1.54) is 0 Å². The Bertz CT molecular complexity index is 4230. The standard InChI is InChI=1S/C69H49NO3/c1-5-7-18-43(6-2)49-23-15-24-50(49)46-33-36-61-58(40-46)56-39-47(51-25-16-29-65-67(51)54-21-11-13-27-63(54)72-65)31-35-53(56)57-41-48(52-26-17-30-66-68(52)55-22-12-14-28-64(55)73-66)34-37-60(57)70(61)62-38-32-45(42-59(62)69(3,4)71)44-19-9-8-10-20-44/h2,5,7-22,24-42,71H,23H2,1,3-4H3/b7-5-,43-18+. The molecular formula is C69H49NO3. The van der Waals surface area contributed by atoms with E-state index in [2.05, 4.69) is 181 Å². The monoisotopic (exact) mass is 939 g/mol. The smallest absolute Gasteiger partial charge is 0.136 e. The zero-order valence-corrected chi connectivity index (χ0v) is 40.8. The van der Waals surface area contributed by atoms with E-state index in [4.69, 9.17) is 15.3 Å². The summed E-state index contributed by atoms with van der Waals surface area (Å²) in [4.78, 5) is 2.37. The zero-order valence-electron chi connectivity index (χ0n) is 40.8. The number of benzene rings is 9. The van der Waals surface area contributed by atoms with Gasteiger partial charge in [0.25, 0.3) is 0 Å². The molecule has 0 amide bonds. The molecule has 0 fully saturated rings. The lowest BCUT2D eigenvalue weighted by molar-refractivity contribution is 0.0792. The van der Waals surface area contributed by atoms with Crippen molar-refractivity contribution in [3.63, 3.8) is 0 Å². The van der Waals surface area contributed by atoms with Gasteiger partial charge in [0.05, 0.1) is 22.7 Å². The third kappa shape index (κ3) is 7.28. The number of hydrogen-bond donors (Lipinski definition) is 1. The van der Waals surface area contributed by atoms with Crippen LogP contribution >= 0.6 is 0 Å². The molecule has 0 saturated carbocycles. The number of nitrogens with zero attached hydrogens (tertiary/aromatic N) is 1. The van der Waals surface area contributed by atoms with Crippen molar-refractivity contribution in [2.75, 3.05) is 4.90 Å². The van der Waals surface area contributed by atoms with Gasteiger partial charge in [-0.1, -0.05) is 152 Å². The van der Waals surface area contributed by atoms with Gasteiger partial charge < -0.3 is 18.8 Å². The van der Waals surface area contributed by atoms with E-state index in [0.717, 1.165) is 151 Å². The Labute approximate surface area is 424 Å². The van der Waals surface area contributed by atoms with Crippen LogP contribution in [-0.2, 0) is 5.60 Å². The van der Waals surface area contributed by atoms with Gasteiger partial charge in [0.15, 0.2) is 0 Å². The minimum Gasteiger partial charge on any atom is -0.456 e. The quantitative estimate of drug-likeness (QED) is 0.122. The minimum absolute atomic E-state index is 0.741. The lowest BCUT2D eigenvalue weighted by Crippen LogP contribution is -2.22. The van der Waals surface area contributed by atoms with Crippen LogP contribution in [-0.4, -0.2) is 5.11 Å². The summed E-state index contributed by atoms with van der Waals surface area (Å²) in [6, 6.07) is 66.8. The molecule has 2 aromatic heterocycles. The van der Waals surface area contributed by atoms with Crippen LogP contribution < -0.4 is 4.90 Å². The maximum atomic E-state index is 12.3. The van der Waals surface area contributed by atoms with E-state index in [9.17, 15) is 5.11 Å². The first-order valence-electron chi connectivity index (χ1n) is 24.9. The van der Waals surface area contributed by atoms with Crippen LogP contribution in [0.25, 0.3) is 105 Å². The topological polar surface area (TPSA) is 49.8 Å². The van der Waals surface area contributed by atoms with Crippen molar-refractivity contribution in [3.8, 4) is 68.0 Å². The fraction of sp³-hybridized carbons (Fsp3) is 0.0725. The van der Waals surface area contributed by atoms with Gasteiger partial charge in [0.1, 0.15) is 22.3 Å². The second-order valence-corrected chi connectivity index (χ2v) is 19.5. The molecule has 1 aliphatic carbocycles. The molecule has 1 N–H and O–H groups in total. The summed E-state index contributed by atoms with van der Waals surface area (Å²) in [5, 5.41) is 16.7. The maximum Gasteiger partial charge on any atom is 0.136 e. The Kier molecular flexibility index (Phi) is 10.4. The number of hydrogen-bond acceptors (Lipinski definition) is 4. The Balaban J connectivity index is 1.13. The number of allylic oxidation sites excluding steroid dienone is 8. The summed E-state index contributed by atoms with van der Waals surface area (Å²) < 4.78 is 12.9. The van der Waals surface area contributed by atoms with Crippen molar-refractivity contribution in [2.45, 2.75) is 32.8 Å². The Morgan fingerprint density at radius 3 is 1.73 bits per heavy atom. The Morgan fingerprint density at radius 2 is 1.08 bits per heavy atom. The lowest BCUT2D eigenvalue weighted by atomic mass is 9.87. The number of furan rings is 2. The van der Waals surface area contributed by atoms with Gasteiger partial charge in [0.2, 0.25) is 0 Å². The third-order valence-corrected chi connectivity index (χ3v) is 14.7. The van der Waals surface area contributed by atoms with E-state index >= 15 is 0 Å². The molecule has 348 valence electrons. The lowest BCUT2D eigenvalue weighted by Gasteiger charge is -2.33. The molecule has 1 aliphatic heterocycles. The molecule has 9 aromatic carbocycles. The Hall–Kier alpha value is -9.14. The number of terminal acetylenes is 1. The van der Waals surface area contributed by atoms with E-state index in [0.29, 0.717) is 0 Å². The van der Waals surface area contributed by atoms with Crippen LogP contribution in [0.4, 0.5) is 17.1 Å².